The minimum atomic E-state index is -0.139. The van der Waals surface area contributed by atoms with Gasteiger partial charge in [0, 0.05) is 18.1 Å². The molecule has 1 aromatic carbocycles. The van der Waals surface area contributed by atoms with Crippen LogP contribution >= 0.6 is 0 Å². The monoisotopic (exact) mass is 291 g/mol. The van der Waals surface area contributed by atoms with Crippen LogP contribution in [0.2, 0.25) is 0 Å². The maximum atomic E-state index is 13.2. The van der Waals surface area contributed by atoms with Gasteiger partial charge < -0.3 is 10.1 Å². The smallest absolute Gasteiger partial charge is 0.123 e. The first-order valence-electron chi connectivity index (χ1n) is 8.34. The fraction of sp³-hybridized carbons (Fsp3) is 0.667. The minimum Gasteiger partial charge on any atom is -0.378 e. The highest BCUT2D eigenvalue weighted by Gasteiger charge is 2.56. The van der Waals surface area contributed by atoms with Gasteiger partial charge in [-0.1, -0.05) is 25.0 Å². The molecule has 2 fully saturated rings. The molecular weight excluding hydrogens is 265 g/mol. The van der Waals surface area contributed by atoms with E-state index in [1.807, 2.05) is 6.07 Å². The molecule has 0 aliphatic heterocycles. The molecule has 0 saturated heterocycles. The van der Waals surface area contributed by atoms with Crippen LogP contribution in [0, 0.1) is 11.2 Å². The van der Waals surface area contributed by atoms with Crippen LogP contribution in [0.3, 0.4) is 0 Å². The predicted molar refractivity (Wildman–Crippen MR) is 82.8 cm³/mol. The van der Waals surface area contributed by atoms with Gasteiger partial charge in [-0.05, 0) is 56.8 Å². The minimum absolute atomic E-state index is 0.139. The van der Waals surface area contributed by atoms with E-state index in [1.165, 1.54) is 31.7 Å². The SMILES string of the molecule is CCOC1CC(NCCc2cccc(F)c2)C12CCCC2. The standard InChI is InChI=1S/C18H26FNO/c1-2-21-17-13-16(18(17)9-3-4-10-18)20-11-8-14-6-5-7-15(19)12-14/h5-7,12,16-17,20H,2-4,8-11,13H2,1H3. The Balaban J connectivity index is 1.51. The van der Waals surface area contributed by atoms with Crippen LogP contribution in [0.25, 0.3) is 0 Å². The molecule has 21 heavy (non-hydrogen) atoms. The van der Waals surface area contributed by atoms with Crippen LogP contribution in [0.1, 0.15) is 44.6 Å². The van der Waals surface area contributed by atoms with Gasteiger partial charge >= 0.3 is 0 Å². The van der Waals surface area contributed by atoms with Crippen LogP contribution in [-0.2, 0) is 11.2 Å². The third-order valence-electron chi connectivity index (χ3n) is 5.38. The first-order valence-corrected chi connectivity index (χ1v) is 8.34. The van der Waals surface area contributed by atoms with Gasteiger partial charge in [0.25, 0.3) is 0 Å². The Labute approximate surface area is 127 Å². The molecule has 2 nitrogen and oxygen atoms in total. The molecule has 116 valence electrons. The molecule has 1 N–H and O–H groups in total. The molecule has 0 aromatic heterocycles. The van der Waals surface area contributed by atoms with Crippen LogP contribution in [0.5, 0.6) is 0 Å². The highest BCUT2D eigenvalue weighted by atomic mass is 19.1. The third kappa shape index (κ3) is 3.00. The molecule has 0 heterocycles. The van der Waals surface area contributed by atoms with E-state index in [0.717, 1.165) is 31.6 Å². The fourth-order valence-corrected chi connectivity index (χ4v) is 4.26. The van der Waals surface area contributed by atoms with Crippen molar-refractivity contribution in [1.82, 2.24) is 5.32 Å². The lowest BCUT2D eigenvalue weighted by Gasteiger charge is -2.54. The molecular formula is C18H26FNO. The lowest BCUT2D eigenvalue weighted by molar-refractivity contribution is -0.130. The van der Waals surface area contributed by atoms with E-state index >= 15 is 0 Å². The maximum absolute atomic E-state index is 13.2. The highest BCUT2D eigenvalue weighted by molar-refractivity contribution is 5.17. The number of halogens is 1. The first-order chi connectivity index (χ1) is 10.2. The van der Waals surface area contributed by atoms with Crippen molar-refractivity contribution in [2.75, 3.05) is 13.2 Å². The van der Waals surface area contributed by atoms with Crippen LogP contribution in [0.4, 0.5) is 4.39 Å². The van der Waals surface area contributed by atoms with Gasteiger partial charge in [0.1, 0.15) is 5.82 Å². The molecule has 1 aromatic rings. The van der Waals surface area contributed by atoms with Crippen molar-refractivity contribution in [1.29, 1.82) is 0 Å². The normalized spacial score (nSPS) is 27.0. The second kappa shape index (κ2) is 6.45. The van der Waals surface area contributed by atoms with E-state index in [-0.39, 0.29) is 5.82 Å². The summed E-state index contributed by atoms with van der Waals surface area (Å²) in [5.74, 6) is -0.139. The molecule has 0 bridgehead atoms. The zero-order chi connectivity index (χ0) is 14.7. The lowest BCUT2D eigenvalue weighted by Crippen LogP contribution is -2.62. The zero-order valence-corrected chi connectivity index (χ0v) is 12.9. The molecule has 2 aliphatic carbocycles. The van der Waals surface area contributed by atoms with E-state index in [2.05, 4.69) is 12.2 Å². The lowest BCUT2D eigenvalue weighted by atomic mass is 9.60. The molecule has 3 heteroatoms. The first kappa shape index (κ1) is 15.0. The van der Waals surface area contributed by atoms with Gasteiger partial charge in [0.2, 0.25) is 0 Å². The van der Waals surface area contributed by atoms with Crippen LogP contribution in [0.15, 0.2) is 24.3 Å². The Hall–Kier alpha value is -0.930. The summed E-state index contributed by atoms with van der Waals surface area (Å²) in [6.45, 7) is 3.84. The highest BCUT2D eigenvalue weighted by Crippen LogP contribution is 2.54. The Morgan fingerprint density at radius 2 is 2.14 bits per heavy atom. The number of ether oxygens (including phenoxy) is 1. The molecule has 0 amide bonds. The van der Waals surface area contributed by atoms with Gasteiger partial charge in [-0.15, -0.1) is 0 Å². The van der Waals surface area contributed by atoms with Gasteiger partial charge in [-0.3, -0.25) is 0 Å². The average molecular weight is 291 g/mol. The van der Waals surface area contributed by atoms with Gasteiger partial charge in [-0.25, -0.2) is 4.39 Å². The van der Waals surface area contributed by atoms with Crippen molar-refractivity contribution in [3.8, 4) is 0 Å². The average Bonchev–Trinajstić information content (AvgIpc) is 2.98. The van der Waals surface area contributed by atoms with Crippen molar-refractivity contribution in [3.63, 3.8) is 0 Å². The summed E-state index contributed by atoms with van der Waals surface area (Å²) in [5, 5.41) is 3.71. The molecule has 1 spiro atoms. The topological polar surface area (TPSA) is 21.3 Å². The zero-order valence-electron chi connectivity index (χ0n) is 12.9. The summed E-state index contributed by atoms with van der Waals surface area (Å²) in [7, 11) is 0. The van der Waals surface area contributed by atoms with Gasteiger partial charge in [0.05, 0.1) is 6.10 Å². The van der Waals surface area contributed by atoms with E-state index < -0.39 is 0 Å². The van der Waals surface area contributed by atoms with Gasteiger partial charge in [0.15, 0.2) is 0 Å². The second-order valence-corrected chi connectivity index (χ2v) is 6.51. The summed E-state index contributed by atoms with van der Waals surface area (Å²) >= 11 is 0. The summed E-state index contributed by atoms with van der Waals surface area (Å²) < 4.78 is 19.1. The number of rotatable bonds is 6. The predicted octanol–water partition coefficient (Wildman–Crippen LogP) is 3.70. The van der Waals surface area contributed by atoms with Crippen LogP contribution in [-0.4, -0.2) is 25.3 Å². The van der Waals surface area contributed by atoms with Crippen molar-refractivity contribution in [3.05, 3.63) is 35.6 Å². The van der Waals surface area contributed by atoms with E-state index in [1.54, 1.807) is 12.1 Å². The van der Waals surface area contributed by atoms with Crippen molar-refractivity contribution >= 4 is 0 Å². The van der Waals surface area contributed by atoms with Crippen molar-refractivity contribution in [2.45, 2.75) is 57.6 Å². The molecule has 2 saturated carbocycles. The molecule has 3 rings (SSSR count). The van der Waals surface area contributed by atoms with E-state index in [0.29, 0.717) is 17.6 Å². The molecule has 0 radical (unpaired) electrons. The Bertz CT molecular complexity index is 470. The van der Waals surface area contributed by atoms with E-state index in [4.69, 9.17) is 4.74 Å². The van der Waals surface area contributed by atoms with Crippen LogP contribution < -0.4 is 5.32 Å². The third-order valence-corrected chi connectivity index (χ3v) is 5.38. The Morgan fingerprint density at radius 1 is 1.33 bits per heavy atom. The second-order valence-electron chi connectivity index (χ2n) is 6.51. The number of nitrogens with one attached hydrogen (secondary N) is 1. The van der Waals surface area contributed by atoms with Gasteiger partial charge in [-0.2, -0.15) is 0 Å². The maximum Gasteiger partial charge on any atom is 0.123 e. The van der Waals surface area contributed by atoms with E-state index in [9.17, 15) is 4.39 Å². The summed E-state index contributed by atoms with van der Waals surface area (Å²) in [5.41, 5.74) is 1.46. The number of hydrogen-bond acceptors (Lipinski definition) is 2. The van der Waals surface area contributed by atoms with Crippen molar-refractivity contribution in [2.24, 2.45) is 5.41 Å². The number of hydrogen-bond donors (Lipinski definition) is 1. The quantitative estimate of drug-likeness (QED) is 0.863. The summed E-state index contributed by atoms with van der Waals surface area (Å²) in [6, 6.07) is 7.52. The molecule has 2 aliphatic rings. The molecule has 2 atom stereocenters. The molecule has 2 unspecified atom stereocenters. The Kier molecular flexibility index (Phi) is 4.60. The fourth-order valence-electron chi connectivity index (χ4n) is 4.26. The Morgan fingerprint density at radius 3 is 2.86 bits per heavy atom. The summed E-state index contributed by atoms with van der Waals surface area (Å²) in [6.07, 6.45) is 7.76. The van der Waals surface area contributed by atoms with Crippen molar-refractivity contribution < 1.29 is 9.13 Å². The largest absolute Gasteiger partial charge is 0.378 e. The summed E-state index contributed by atoms with van der Waals surface area (Å²) in [4.78, 5) is 0. The number of benzene rings is 1.